The second-order valence-corrected chi connectivity index (χ2v) is 11.7. The summed E-state index contributed by atoms with van der Waals surface area (Å²) in [6, 6.07) is 8.49. The third-order valence-corrected chi connectivity index (χ3v) is 13.2. The molecule has 1 heterocycles. The summed E-state index contributed by atoms with van der Waals surface area (Å²) < 4.78 is 38.9. The van der Waals surface area contributed by atoms with Crippen molar-refractivity contribution in [3.8, 4) is 0 Å². The molecular weight excluding hydrogens is 432 g/mol. The van der Waals surface area contributed by atoms with Crippen molar-refractivity contribution in [1.29, 1.82) is 0 Å². The fourth-order valence-electron chi connectivity index (χ4n) is 3.25. The quantitative estimate of drug-likeness (QED) is 0.439. The van der Waals surface area contributed by atoms with Gasteiger partial charge >= 0.3 is 5.12 Å². The minimum Gasteiger partial charge on any atom is -0.341 e. The largest absolute Gasteiger partial charge is 0.341 e. The molecule has 1 fully saturated rings. The Kier molecular flexibility index (Phi) is 7.36. The molecule has 1 aliphatic rings. The monoisotopic (exact) mass is 455 g/mol. The number of carbonyl (C=O) groups excluding carboxylic acids is 1. The maximum atomic E-state index is 13.2. The third kappa shape index (κ3) is 3.20. The van der Waals surface area contributed by atoms with Crippen LogP contribution in [0.15, 0.2) is 30.3 Å². The summed E-state index contributed by atoms with van der Waals surface area (Å²) in [5, 5.41) is -2.40. The van der Waals surface area contributed by atoms with E-state index in [1.54, 1.807) is 20.8 Å². The minimum atomic E-state index is -4.34. The van der Waals surface area contributed by atoms with Crippen LogP contribution < -0.4 is 0 Å². The van der Waals surface area contributed by atoms with Gasteiger partial charge in [-0.2, -0.15) is 4.31 Å². The number of nitrogens with zero attached hydrogens (tertiary/aromatic N) is 1. The summed E-state index contributed by atoms with van der Waals surface area (Å²) in [6.45, 7) is 5.33. The number of carbonyl (C=O) groups is 1. The highest BCUT2D eigenvalue weighted by Crippen LogP contribution is 2.59. The fourth-order valence-corrected chi connectivity index (χ4v) is 12.3. The molecule has 26 heavy (non-hydrogen) atoms. The molecule has 11 heteroatoms. The van der Waals surface area contributed by atoms with Gasteiger partial charge in [0.25, 0.3) is 15.8 Å². The summed E-state index contributed by atoms with van der Waals surface area (Å²) in [6.07, 6.45) is 0. The van der Waals surface area contributed by atoms with Gasteiger partial charge in [-0.3, -0.25) is 4.79 Å². The van der Waals surface area contributed by atoms with Crippen molar-refractivity contribution < 1.29 is 22.7 Å². The van der Waals surface area contributed by atoms with Crippen molar-refractivity contribution in [3.63, 3.8) is 0 Å². The van der Waals surface area contributed by atoms with Crippen molar-refractivity contribution >= 4 is 53.5 Å². The van der Waals surface area contributed by atoms with Crippen molar-refractivity contribution in [1.82, 2.24) is 4.31 Å². The highest BCUT2D eigenvalue weighted by Gasteiger charge is 2.73. The molecule has 6 nitrogen and oxygen atoms in total. The summed E-state index contributed by atoms with van der Waals surface area (Å²) in [5.41, 5.74) is 0.753. The predicted molar refractivity (Wildman–Crippen MR) is 113 cm³/mol. The number of hydrogen-bond donors (Lipinski definition) is 0. The molecule has 3 unspecified atom stereocenters. The second kappa shape index (κ2) is 8.58. The Labute approximate surface area is 167 Å². The van der Waals surface area contributed by atoms with Gasteiger partial charge in [-0.15, -0.1) is 23.6 Å². The molecule has 0 aromatic heterocycles. The van der Waals surface area contributed by atoms with E-state index in [1.807, 2.05) is 30.3 Å². The first-order chi connectivity index (χ1) is 12.3. The Bertz CT molecular complexity index is 789. The molecule has 0 spiro atoms. The molecule has 1 aromatic carbocycles. The highest BCUT2D eigenvalue weighted by molar-refractivity contribution is 8.10. The molecule has 3 atom stereocenters. The van der Waals surface area contributed by atoms with Gasteiger partial charge in [0.15, 0.2) is 0 Å². The standard InChI is InChI=1S/C15H23NO5P2S3/c1-4-20-14(21-5-2)13(17)26(18,19)16(15(14,22-24)23-25)11(3)12-9-7-6-8-10-12/h6-11H,4-5,22-23H2,1-3H3. The Morgan fingerprint density at radius 3 is 2.04 bits per heavy atom. The Morgan fingerprint density at radius 1 is 1.12 bits per heavy atom. The van der Waals surface area contributed by atoms with Crippen LogP contribution in [0.5, 0.6) is 0 Å². The van der Waals surface area contributed by atoms with Crippen molar-refractivity contribution in [3.05, 3.63) is 35.9 Å². The Morgan fingerprint density at radius 2 is 1.62 bits per heavy atom. The molecule has 0 aliphatic carbocycles. The molecule has 0 radical (unpaired) electrons. The first kappa shape index (κ1) is 22.3. The van der Waals surface area contributed by atoms with E-state index in [0.717, 1.165) is 5.56 Å². The van der Waals surface area contributed by atoms with E-state index in [-0.39, 0.29) is 13.2 Å². The fraction of sp³-hybridized carbons (Fsp3) is 0.533. The molecule has 0 N–H and O–H groups in total. The maximum absolute atomic E-state index is 13.2. The summed E-state index contributed by atoms with van der Waals surface area (Å²) in [7, 11) is -6.29. The van der Waals surface area contributed by atoms with Crippen LogP contribution in [0.25, 0.3) is 0 Å². The summed E-state index contributed by atoms with van der Waals surface area (Å²) in [5.74, 6) is -1.95. The van der Waals surface area contributed by atoms with Gasteiger partial charge in [0.05, 0.1) is 0 Å². The van der Waals surface area contributed by atoms with E-state index < -0.39 is 46.7 Å². The van der Waals surface area contributed by atoms with E-state index in [2.05, 4.69) is 0 Å². The lowest BCUT2D eigenvalue weighted by atomic mass is 10.1. The van der Waals surface area contributed by atoms with Gasteiger partial charge < -0.3 is 9.47 Å². The normalized spacial score (nSPS) is 27.0. The Hall–Kier alpha value is 0.0200. The van der Waals surface area contributed by atoms with Gasteiger partial charge in [-0.05, 0) is 41.0 Å². The SMILES string of the molecule is CCOC1(OCC)C(=O)S(=O)(=O)N(C(C)c2ccccc2)C1([PH2]=S)[PH2]=S. The first-order valence-electron chi connectivity index (χ1n) is 8.13. The zero-order valence-electron chi connectivity index (χ0n) is 14.7. The molecule has 1 aromatic rings. The summed E-state index contributed by atoms with van der Waals surface area (Å²) >= 11 is 10.8. The van der Waals surface area contributed by atoms with Gasteiger partial charge in [0, 0.05) is 19.3 Å². The highest BCUT2D eigenvalue weighted by atomic mass is 32.4. The van der Waals surface area contributed by atoms with Crippen molar-refractivity contribution in [2.75, 3.05) is 13.2 Å². The molecule has 0 amide bonds. The predicted octanol–water partition coefficient (Wildman–Crippen LogP) is 2.09. The van der Waals surface area contributed by atoms with E-state index in [0.29, 0.717) is 0 Å². The van der Waals surface area contributed by atoms with E-state index >= 15 is 0 Å². The average Bonchev–Trinajstić information content (AvgIpc) is 2.78. The van der Waals surface area contributed by atoms with E-state index in [4.69, 9.17) is 33.1 Å². The van der Waals surface area contributed by atoms with Crippen LogP contribution in [-0.4, -0.2) is 41.9 Å². The van der Waals surface area contributed by atoms with E-state index in [9.17, 15) is 13.2 Å². The number of ether oxygens (including phenoxy) is 2. The smallest absolute Gasteiger partial charge is 0.323 e. The van der Waals surface area contributed by atoms with Crippen LogP contribution in [0.4, 0.5) is 0 Å². The minimum absolute atomic E-state index is 0.111. The van der Waals surface area contributed by atoms with Crippen LogP contribution in [0.1, 0.15) is 32.4 Å². The van der Waals surface area contributed by atoms with E-state index in [1.165, 1.54) is 4.31 Å². The molecule has 146 valence electrons. The molecule has 0 bridgehead atoms. The first-order valence-corrected chi connectivity index (χ1v) is 14.5. The maximum Gasteiger partial charge on any atom is 0.323 e. The van der Waals surface area contributed by atoms with Crippen LogP contribution in [0.3, 0.4) is 0 Å². The van der Waals surface area contributed by atoms with Crippen LogP contribution >= 0.6 is 14.7 Å². The van der Waals surface area contributed by atoms with Gasteiger partial charge in [0.1, 0.15) is 5.02 Å². The molecule has 2 rings (SSSR count). The van der Waals surface area contributed by atoms with Gasteiger partial charge in [-0.1, -0.05) is 30.3 Å². The number of benzene rings is 1. The molecule has 1 aliphatic heterocycles. The lowest BCUT2D eigenvalue weighted by Gasteiger charge is -2.42. The zero-order valence-corrected chi connectivity index (χ0v) is 19.5. The summed E-state index contributed by atoms with van der Waals surface area (Å²) in [4.78, 5) is 13.1. The van der Waals surface area contributed by atoms with Crippen LogP contribution in [0.2, 0.25) is 0 Å². The van der Waals surface area contributed by atoms with Crippen molar-refractivity contribution in [2.45, 2.75) is 37.6 Å². The zero-order chi connectivity index (χ0) is 19.6. The van der Waals surface area contributed by atoms with Gasteiger partial charge in [0.2, 0.25) is 0 Å². The topological polar surface area (TPSA) is 72.9 Å². The van der Waals surface area contributed by atoms with Crippen LogP contribution in [0, 0.1) is 0 Å². The lowest BCUT2D eigenvalue weighted by molar-refractivity contribution is -0.228. The second-order valence-electron chi connectivity index (χ2n) is 5.72. The third-order valence-electron chi connectivity index (χ3n) is 4.34. The average molecular weight is 456 g/mol. The molecule has 1 saturated heterocycles. The Balaban J connectivity index is 2.79. The lowest BCUT2D eigenvalue weighted by Crippen LogP contribution is -2.56. The number of sulfonamides is 1. The van der Waals surface area contributed by atoms with Crippen molar-refractivity contribution in [2.24, 2.45) is 0 Å². The molecular formula is C15H23NO5P2S3. The molecule has 0 saturated carbocycles. The van der Waals surface area contributed by atoms with Crippen LogP contribution in [-0.2, 0) is 47.9 Å². The van der Waals surface area contributed by atoms with Gasteiger partial charge in [-0.25, -0.2) is 8.42 Å². The number of rotatable bonds is 8. The number of hydrogen-bond acceptors (Lipinski definition) is 7.